The molecule has 0 aliphatic heterocycles. The fraction of sp³-hybridized carbons (Fsp3) is 0.500. The van der Waals surface area contributed by atoms with Crippen LogP contribution in [0.3, 0.4) is 0 Å². The average molecular weight is 281 g/mol. The van der Waals surface area contributed by atoms with Gasteiger partial charge < -0.3 is 10.2 Å². The number of aromatic nitrogens is 1. The SMILES string of the molecule is CC(O)C(c1cc(F)nc(F)c1)C(C)O.[Cu]. The van der Waals surface area contributed by atoms with Crippen LogP contribution in [0, 0.1) is 11.9 Å². The Labute approximate surface area is 103 Å². The molecule has 0 saturated carbocycles. The number of pyridine rings is 1. The van der Waals surface area contributed by atoms with Gasteiger partial charge in [0.25, 0.3) is 0 Å². The number of aliphatic hydroxyl groups excluding tert-OH is 2. The van der Waals surface area contributed by atoms with E-state index in [4.69, 9.17) is 0 Å². The summed E-state index contributed by atoms with van der Waals surface area (Å²) in [7, 11) is 0. The van der Waals surface area contributed by atoms with Gasteiger partial charge in [0.05, 0.1) is 12.2 Å². The summed E-state index contributed by atoms with van der Waals surface area (Å²) in [6.45, 7) is 2.90. The van der Waals surface area contributed by atoms with Gasteiger partial charge >= 0.3 is 0 Å². The molecule has 0 aliphatic rings. The van der Waals surface area contributed by atoms with Crippen molar-refractivity contribution in [2.75, 3.05) is 0 Å². The Hall–Kier alpha value is -0.551. The summed E-state index contributed by atoms with van der Waals surface area (Å²) in [6, 6.07) is 2.01. The maximum absolute atomic E-state index is 12.8. The average Bonchev–Trinajstić information content (AvgIpc) is 1.99. The topological polar surface area (TPSA) is 53.4 Å². The molecule has 0 saturated heterocycles. The van der Waals surface area contributed by atoms with Gasteiger partial charge in [0.15, 0.2) is 0 Å². The van der Waals surface area contributed by atoms with Crippen molar-refractivity contribution >= 4 is 0 Å². The van der Waals surface area contributed by atoms with E-state index in [1.54, 1.807) is 0 Å². The van der Waals surface area contributed by atoms with E-state index < -0.39 is 30.0 Å². The van der Waals surface area contributed by atoms with Gasteiger partial charge in [-0.1, -0.05) is 0 Å². The molecule has 0 amide bonds. The first-order valence-electron chi connectivity index (χ1n) is 4.61. The third kappa shape index (κ3) is 3.79. The van der Waals surface area contributed by atoms with Crippen LogP contribution >= 0.6 is 0 Å². The molecule has 0 bridgehead atoms. The summed E-state index contributed by atoms with van der Waals surface area (Å²) in [5.74, 6) is -2.65. The molecule has 0 fully saturated rings. The molecule has 1 radical (unpaired) electrons. The molecular weight excluding hydrogens is 268 g/mol. The normalized spacial score (nSPS) is 16.1. The van der Waals surface area contributed by atoms with Crippen molar-refractivity contribution in [3.8, 4) is 0 Å². The first kappa shape index (κ1) is 15.4. The predicted octanol–water partition coefficient (Wildman–Crippen LogP) is 1.20. The van der Waals surface area contributed by atoms with E-state index in [2.05, 4.69) is 4.98 Å². The molecule has 3 nitrogen and oxygen atoms in total. The third-order valence-electron chi connectivity index (χ3n) is 2.21. The molecule has 1 aromatic heterocycles. The van der Waals surface area contributed by atoms with Gasteiger partial charge in [0, 0.05) is 23.0 Å². The molecule has 0 spiro atoms. The molecule has 2 atom stereocenters. The van der Waals surface area contributed by atoms with E-state index in [9.17, 15) is 19.0 Å². The van der Waals surface area contributed by atoms with Crippen molar-refractivity contribution in [3.05, 3.63) is 29.6 Å². The number of aliphatic hydroxyl groups is 2. The van der Waals surface area contributed by atoms with E-state index in [1.165, 1.54) is 13.8 Å². The van der Waals surface area contributed by atoms with Gasteiger partial charge in [0.1, 0.15) is 0 Å². The molecule has 6 heteroatoms. The number of hydrogen-bond acceptors (Lipinski definition) is 3. The van der Waals surface area contributed by atoms with Gasteiger partial charge in [-0.3, -0.25) is 0 Å². The molecule has 1 rings (SSSR count). The first-order valence-corrected chi connectivity index (χ1v) is 4.61. The maximum Gasteiger partial charge on any atom is 0.215 e. The van der Waals surface area contributed by atoms with Crippen molar-refractivity contribution in [1.82, 2.24) is 4.98 Å². The van der Waals surface area contributed by atoms with Crippen molar-refractivity contribution in [2.24, 2.45) is 0 Å². The van der Waals surface area contributed by atoms with Crippen LogP contribution in [0.25, 0.3) is 0 Å². The van der Waals surface area contributed by atoms with Gasteiger partial charge in [-0.05, 0) is 31.5 Å². The van der Waals surface area contributed by atoms with Crippen LogP contribution < -0.4 is 0 Å². The molecule has 16 heavy (non-hydrogen) atoms. The molecule has 95 valence electrons. The maximum atomic E-state index is 12.8. The van der Waals surface area contributed by atoms with E-state index in [0.29, 0.717) is 0 Å². The van der Waals surface area contributed by atoms with Crippen LogP contribution in [-0.4, -0.2) is 27.4 Å². The number of halogens is 2. The molecule has 2 N–H and O–H groups in total. The quantitative estimate of drug-likeness (QED) is 0.646. The summed E-state index contributed by atoms with van der Waals surface area (Å²) in [4.78, 5) is 2.94. The van der Waals surface area contributed by atoms with E-state index >= 15 is 0 Å². The Balaban J connectivity index is 0.00000225. The second kappa shape index (κ2) is 6.25. The van der Waals surface area contributed by atoms with Crippen LogP contribution in [0.2, 0.25) is 0 Å². The van der Waals surface area contributed by atoms with E-state index in [0.717, 1.165) is 12.1 Å². The molecule has 1 heterocycles. The Morgan fingerprint density at radius 1 is 1.06 bits per heavy atom. The fourth-order valence-electron chi connectivity index (χ4n) is 1.64. The summed E-state index contributed by atoms with van der Waals surface area (Å²) >= 11 is 0. The van der Waals surface area contributed by atoms with Gasteiger partial charge in [-0.2, -0.15) is 13.8 Å². The first-order chi connectivity index (χ1) is 6.91. The summed E-state index contributed by atoms with van der Waals surface area (Å²) in [6.07, 6.45) is -1.79. The fourth-order valence-corrected chi connectivity index (χ4v) is 1.64. The minimum Gasteiger partial charge on any atom is -0.393 e. The van der Waals surface area contributed by atoms with Gasteiger partial charge in [0.2, 0.25) is 11.9 Å². The van der Waals surface area contributed by atoms with Crippen LogP contribution in [0.1, 0.15) is 25.3 Å². The minimum absolute atomic E-state index is 0. The summed E-state index contributed by atoms with van der Waals surface area (Å²) in [5, 5.41) is 18.8. The second-order valence-corrected chi connectivity index (χ2v) is 3.55. The Bertz CT molecular complexity index is 319. The second-order valence-electron chi connectivity index (χ2n) is 3.55. The zero-order valence-corrected chi connectivity index (χ0v) is 9.73. The number of rotatable bonds is 3. The zero-order chi connectivity index (χ0) is 11.6. The standard InChI is InChI=1S/C10H13F2NO2.Cu/c1-5(14)10(6(2)15)7-3-8(11)13-9(12)4-7;/h3-6,10,14-15H,1-2H3;. The Morgan fingerprint density at radius 3 is 1.75 bits per heavy atom. The predicted molar refractivity (Wildman–Crippen MR) is 50.3 cm³/mol. The summed E-state index contributed by atoms with van der Waals surface area (Å²) in [5.41, 5.74) is 0.199. The van der Waals surface area contributed by atoms with Crippen molar-refractivity contribution < 1.29 is 36.1 Å². The monoisotopic (exact) mass is 280 g/mol. The Kier molecular flexibility index (Phi) is 6.04. The van der Waals surface area contributed by atoms with Gasteiger partial charge in [-0.15, -0.1) is 0 Å². The molecular formula is C10H13CuF2NO2. The van der Waals surface area contributed by atoms with E-state index in [1.807, 2.05) is 0 Å². The van der Waals surface area contributed by atoms with Crippen molar-refractivity contribution in [1.29, 1.82) is 0 Å². The van der Waals surface area contributed by atoms with Crippen LogP contribution in [0.15, 0.2) is 12.1 Å². The smallest absolute Gasteiger partial charge is 0.215 e. The largest absolute Gasteiger partial charge is 0.393 e. The molecule has 2 unspecified atom stereocenters. The third-order valence-corrected chi connectivity index (χ3v) is 2.21. The zero-order valence-electron chi connectivity index (χ0n) is 8.79. The number of hydrogen-bond donors (Lipinski definition) is 2. The van der Waals surface area contributed by atoms with Crippen molar-refractivity contribution in [3.63, 3.8) is 0 Å². The van der Waals surface area contributed by atoms with Crippen LogP contribution in [0.5, 0.6) is 0 Å². The van der Waals surface area contributed by atoms with Gasteiger partial charge in [-0.25, -0.2) is 0 Å². The van der Waals surface area contributed by atoms with Crippen LogP contribution in [-0.2, 0) is 17.1 Å². The molecule has 0 aliphatic carbocycles. The Morgan fingerprint density at radius 2 is 1.44 bits per heavy atom. The minimum atomic E-state index is -0.962. The molecule has 0 aromatic carbocycles. The van der Waals surface area contributed by atoms with Crippen LogP contribution in [0.4, 0.5) is 8.78 Å². The summed E-state index contributed by atoms with van der Waals surface area (Å²) < 4.78 is 25.6. The molecule has 1 aromatic rings. The van der Waals surface area contributed by atoms with Crippen molar-refractivity contribution in [2.45, 2.75) is 32.0 Å². The van der Waals surface area contributed by atoms with E-state index in [-0.39, 0.29) is 22.6 Å². The number of nitrogens with zero attached hydrogens (tertiary/aromatic N) is 1.